The van der Waals surface area contributed by atoms with Crippen LogP contribution in [0.4, 0.5) is 16.2 Å². The summed E-state index contributed by atoms with van der Waals surface area (Å²) in [6.45, 7) is 1.26. The SMILES string of the molecule is COCCOCCC(=O)NC1CNC(C(=O)Nc2cc(C(=O)O)c(NCC(=O)C3CCCN3C(=O)OCC3c4ccccc4-c4ccccc43)cc2C(=O)O)C1. The number of aromatic carboxylic acids is 2. The molecule has 2 aliphatic heterocycles. The van der Waals surface area contributed by atoms with Gasteiger partial charge in [-0.25, -0.2) is 14.4 Å². The third-order valence-electron chi connectivity index (χ3n) is 10.2. The number of ether oxygens (including phenoxy) is 3. The number of rotatable bonds is 17. The summed E-state index contributed by atoms with van der Waals surface area (Å²) in [5, 5.41) is 31.1. The van der Waals surface area contributed by atoms with Crippen molar-refractivity contribution in [3.63, 3.8) is 0 Å². The van der Waals surface area contributed by atoms with Crippen LogP contribution in [0.25, 0.3) is 11.1 Å². The maximum Gasteiger partial charge on any atom is 0.410 e. The van der Waals surface area contributed by atoms with Gasteiger partial charge in [0.25, 0.3) is 0 Å². The van der Waals surface area contributed by atoms with Crippen LogP contribution in [0.5, 0.6) is 0 Å². The van der Waals surface area contributed by atoms with Crippen LogP contribution < -0.4 is 21.3 Å². The molecule has 6 rings (SSSR count). The largest absolute Gasteiger partial charge is 0.478 e. The number of fused-ring (bicyclic) bond motifs is 3. The molecule has 1 aliphatic carbocycles. The molecule has 0 spiro atoms. The fourth-order valence-electron chi connectivity index (χ4n) is 7.47. The van der Waals surface area contributed by atoms with Crippen LogP contribution in [0.1, 0.15) is 63.4 Å². The molecule has 16 nitrogen and oxygen atoms in total. The number of carbonyl (C=O) groups excluding carboxylic acids is 4. The van der Waals surface area contributed by atoms with E-state index in [1.54, 1.807) is 7.11 Å². The zero-order valence-corrected chi connectivity index (χ0v) is 30.9. The highest BCUT2D eigenvalue weighted by Crippen LogP contribution is 2.44. The number of carboxylic acids is 2. The van der Waals surface area contributed by atoms with Gasteiger partial charge in [-0.2, -0.15) is 0 Å². The van der Waals surface area contributed by atoms with Gasteiger partial charge in [0.05, 0.1) is 61.0 Å². The van der Waals surface area contributed by atoms with Crippen molar-refractivity contribution >= 4 is 47.0 Å². The van der Waals surface area contributed by atoms with Gasteiger partial charge in [-0.15, -0.1) is 0 Å². The lowest BCUT2D eigenvalue weighted by Gasteiger charge is -2.24. The van der Waals surface area contributed by atoms with E-state index in [-0.39, 0.29) is 67.4 Å². The van der Waals surface area contributed by atoms with Crippen LogP contribution in [0.15, 0.2) is 60.7 Å². The average molecular weight is 772 g/mol. The fourth-order valence-corrected chi connectivity index (χ4v) is 7.47. The Balaban J connectivity index is 1.05. The van der Waals surface area contributed by atoms with Crippen LogP contribution >= 0.6 is 0 Å². The molecular formula is C40H45N5O11. The van der Waals surface area contributed by atoms with Crippen molar-refractivity contribution in [2.45, 2.75) is 49.7 Å². The van der Waals surface area contributed by atoms with E-state index in [2.05, 4.69) is 21.3 Å². The van der Waals surface area contributed by atoms with Gasteiger partial charge in [0.2, 0.25) is 11.8 Å². The minimum Gasteiger partial charge on any atom is -0.478 e. The molecule has 296 valence electrons. The molecule has 0 radical (unpaired) electrons. The van der Waals surface area contributed by atoms with Crippen molar-refractivity contribution in [3.05, 3.63) is 82.9 Å². The van der Waals surface area contributed by atoms with E-state index in [1.807, 2.05) is 48.5 Å². The lowest BCUT2D eigenvalue weighted by atomic mass is 9.98. The van der Waals surface area contributed by atoms with Crippen LogP contribution in [0, 0.1) is 0 Å². The van der Waals surface area contributed by atoms with Crippen molar-refractivity contribution in [2.75, 3.05) is 63.8 Å². The Hall–Kier alpha value is -5.84. The predicted octanol–water partition coefficient (Wildman–Crippen LogP) is 3.32. The lowest BCUT2D eigenvalue weighted by Crippen LogP contribution is -2.43. The van der Waals surface area contributed by atoms with Crippen molar-refractivity contribution in [3.8, 4) is 11.1 Å². The number of likely N-dealkylation sites (tertiary alicyclic amines) is 1. The van der Waals surface area contributed by atoms with Crippen molar-refractivity contribution in [1.82, 2.24) is 15.5 Å². The molecule has 6 N–H and O–H groups in total. The third kappa shape index (κ3) is 9.16. The minimum absolute atomic E-state index is 0.0885. The number of hydrogen-bond acceptors (Lipinski definition) is 11. The molecule has 0 bridgehead atoms. The van der Waals surface area contributed by atoms with Gasteiger partial charge in [0.15, 0.2) is 5.78 Å². The number of carbonyl (C=O) groups is 6. The molecule has 3 aromatic rings. The summed E-state index contributed by atoms with van der Waals surface area (Å²) in [4.78, 5) is 78.3. The zero-order valence-electron chi connectivity index (χ0n) is 30.9. The molecule has 3 aliphatic rings. The van der Waals surface area contributed by atoms with Gasteiger partial charge < -0.3 is 45.7 Å². The van der Waals surface area contributed by atoms with Gasteiger partial charge in [-0.3, -0.25) is 19.3 Å². The van der Waals surface area contributed by atoms with Crippen LogP contribution in [-0.2, 0) is 28.6 Å². The zero-order chi connectivity index (χ0) is 39.8. The van der Waals surface area contributed by atoms with Gasteiger partial charge in [-0.05, 0) is 53.6 Å². The van der Waals surface area contributed by atoms with E-state index in [0.29, 0.717) is 32.6 Å². The third-order valence-corrected chi connectivity index (χ3v) is 10.2. The minimum atomic E-state index is -1.44. The molecule has 0 saturated carbocycles. The van der Waals surface area contributed by atoms with E-state index in [0.717, 1.165) is 34.4 Å². The summed E-state index contributed by atoms with van der Waals surface area (Å²) < 4.78 is 16.0. The van der Waals surface area contributed by atoms with Crippen LogP contribution in [-0.4, -0.2) is 122 Å². The highest BCUT2D eigenvalue weighted by Gasteiger charge is 2.37. The first-order valence-electron chi connectivity index (χ1n) is 18.5. The topological polar surface area (TPSA) is 222 Å². The average Bonchev–Trinajstić information content (AvgIpc) is 3.94. The second kappa shape index (κ2) is 18.2. The number of ketones is 1. The molecule has 0 aromatic heterocycles. The standard InChI is InChI=1S/C40H45N5O11/c1-54-15-16-55-14-12-36(47)43-23-17-33(41-20-23)37(48)44-32-19-28(38(49)50)31(18-29(32)39(51)52)42-21-35(46)34-11-6-13-45(34)40(53)56-22-30-26-9-4-2-7-24(26)25-8-3-5-10-27(25)30/h2-5,7-10,18-19,23,30,33-34,41-42H,6,11-17,20-22H2,1H3,(H,43,47)(H,44,48)(H,49,50)(H,51,52). The van der Waals surface area contributed by atoms with Crippen LogP contribution in [0.3, 0.4) is 0 Å². The second-order valence-corrected chi connectivity index (χ2v) is 13.8. The Morgan fingerprint density at radius 2 is 1.54 bits per heavy atom. The Kier molecular flexibility index (Phi) is 12.9. The van der Waals surface area contributed by atoms with Gasteiger partial charge in [0, 0.05) is 38.6 Å². The molecular weight excluding hydrogens is 726 g/mol. The number of Topliss-reactive ketones (excluding diaryl/α,β-unsaturated/α-hetero) is 1. The van der Waals surface area contributed by atoms with Gasteiger partial charge in [0.1, 0.15) is 6.61 Å². The Morgan fingerprint density at radius 3 is 2.21 bits per heavy atom. The molecule has 2 saturated heterocycles. The van der Waals surface area contributed by atoms with Crippen LogP contribution in [0.2, 0.25) is 0 Å². The highest BCUT2D eigenvalue weighted by molar-refractivity contribution is 6.07. The maximum atomic E-state index is 13.5. The number of methoxy groups -OCH3 is 1. The smallest absolute Gasteiger partial charge is 0.410 e. The quantitative estimate of drug-likeness (QED) is 0.109. The first kappa shape index (κ1) is 39.8. The van der Waals surface area contributed by atoms with Gasteiger partial charge >= 0.3 is 18.0 Å². The summed E-state index contributed by atoms with van der Waals surface area (Å²) in [7, 11) is 1.55. The Labute approximate surface area is 322 Å². The summed E-state index contributed by atoms with van der Waals surface area (Å²) in [6.07, 6.45) is 0.652. The van der Waals surface area contributed by atoms with E-state index in [1.165, 1.54) is 4.90 Å². The van der Waals surface area contributed by atoms with Crippen molar-refractivity contribution < 1.29 is 53.2 Å². The van der Waals surface area contributed by atoms with Crippen molar-refractivity contribution in [1.29, 1.82) is 0 Å². The summed E-state index contributed by atoms with van der Waals surface area (Å²) >= 11 is 0. The number of hydrogen-bond donors (Lipinski definition) is 6. The molecule has 2 fully saturated rings. The van der Waals surface area contributed by atoms with E-state index >= 15 is 0 Å². The molecule has 3 aromatic carbocycles. The molecule has 3 amide bonds. The van der Waals surface area contributed by atoms with Gasteiger partial charge in [-0.1, -0.05) is 48.5 Å². The molecule has 2 heterocycles. The summed E-state index contributed by atoms with van der Waals surface area (Å²) in [5.74, 6) is -4.31. The number of benzene rings is 3. The molecule has 16 heteroatoms. The molecule has 3 atom stereocenters. The first-order chi connectivity index (χ1) is 27.0. The second-order valence-electron chi connectivity index (χ2n) is 13.8. The number of nitrogens with one attached hydrogen (secondary N) is 4. The summed E-state index contributed by atoms with van der Waals surface area (Å²) in [5.41, 5.74) is 3.10. The van der Waals surface area contributed by atoms with E-state index < -0.39 is 53.9 Å². The number of amides is 3. The summed E-state index contributed by atoms with van der Waals surface area (Å²) in [6, 6.07) is 16.0. The van der Waals surface area contributed by atoms with Crippen molar-refractivity contribution in [2.24, 2.45) is 0 Å². The number of anilines is 2. The number of carboxylic acid groups (broad SMARTS) is 2. The molecule has 3 unspecified atom stereocenters. The van der Waals surface area contributed by atoms with E-state index in [9.17, 15) is 39.0 Å². The maximum absolute atomic E-state index is 13.5. The number of nitrogens with zero attached hydrogens (tertiary/aromatic N) is 1. The van der Waals surface area contributed by atoms with E-state index in [4.69, 9.17) is 14.2 Å². The Bertz CT molecular complexity index is 1940. The monoisotopic (exact) mass is 771 g/mol. The normalized spacial score (nSPS) is 18.5. The first-order valence-corrected chi connectivity index (χ1v) is 18.5. The Morgan fingerprint density at radius 1 is 0.875 bits per heavy atom. The molecule has 56 heavy (non-hydrogen) atoms. The fraction of sp³-hybridized carbons (Fsp3) is 0.400. The highest BCUT2D eigenvalue weighted by atomic mass is 16.6. The predicted molar refractivity (Wildman–Crippen MR) is 203 cm³/mol. The lowest BCUT2D eigenvalue weighted by molar-refractivity contribution is -0.123.